The molecule has 172 valence electrons. The lowest BCUT2D eigenvalue weighted by molar-refractivity contribution is -0.122. The third kappa shape index (κ3) is 5.46. The third-order valence-electron chi connectivity index (χ3n) is 5.25. The number of carbonyl (C=O) groups is 2. The van der Waals surface area contributed by atoms with E-state index in [1.54, 1.807) is 18.7 Å². The van der Waals surface area contributed by atoms with E-state index >= 15 is 0 Å². The standard InChI is InChI=1S/C25H28N4O4/c1-16(2)29(21-13-11-20(12-14-21)26-19-9-7-6-8-10-19)22(30)15-33-25(32)23-17(3)18(4)27-28(5)24(23)31/h6-14,16,26H,15H2,1-5H3. The van der Waals surface area contributed by atoms with Crippen molar-refractivity contribution in [2.75, 3.05) is 16.8 Å². The van der Waals surface area contributed by atoms with Gasteiger partial charge in [0.25, 0.3) is 11.5 Å². The molecule has 0 bridgehead atoms. The molecule has 0 spiro atoms. The average molecular weight is 449 g/mol. The molecule has 0 saturated carbocycles. The number of anilines is 3. The zero-order valence-electron chi connectivity index (χ0n) is 19.5. The maximum Gasteiger partial charge on any atom is 0.344 e. The number of hydrogen-bond donors (Lipinski definition) is 1. The molecule has 1 amide bonds. The number of para-hydroxylation sites is 1. The summed E-state index contributed by atoms with van der Waals surface area (Å²) < 4.78 is 6.32. The summed E-state index contributed by atoms with van der Waals surface area (Å²) in [5.41, 5.74) is 2.84. The van der Waals surface area contributed by atoms with Crippen LogP contribution in [0.2, 0.25) is 0 Å². The maximum absolute atomic E-state index is 12.9. The van der Waals surface area contributed by atoms with Gasteiger partial charge >= 0.3 is 5.97 Å². The van der Waals surface area contributed by atoms with Gasteiger partial charge in [-0.05, 0) is 69.7 Å². The second-order valence-corrected chi connectivity index (χ2v) is 7.99. The minimum absolute atomic E-state index is 0.106. The zero-order valence-corrected chi connectivity index (χ0v) is 19.5. The summed E-state index contributed by atoms with van der Waals surface area (Å²) in [6.45, 7) is 6.61. The normalized spacial score (nSPS) is 10.7. The SMILES string of the molecule is Cc1nn(C)c(=O)c(C(=O)OCC(=O)N(c2ccc(Nc3ccccc3)cc2)C(C)C)c1C. The summed E-state index contributed by atoms with van der Waals surface area (Å²) in [4.78, 5) is 39.4. The number of rotatable bonds is 7. The van der Waals surface area contributed by atoms with Crippen LogP contribution in [0, 0.1) is 13.8 Å². The number of nitrogens with one attached hydrogen (secondary N) is 1. The van der Waals surface area contributed by atoms with Gasteiger partial charge in [0.2, 0.25) is 0 Å². The van der Waals surface area contributed by atoms with Crippen LogP contribution in [-0.4, -0.2) is 34.3 Å². The summed E-state index contributed by atoms with van der Waals surface area (Å²) in [7, 11) is 1.47. The predicted octanol–water partition coefficient (Wildman–Crippen LogP) is 3.74. The van der Waals surface area contributed by atoms with Crippen molar-refractivity contribution in [1.29, 1.82) is 0 Å². The largest absolute Gasteiger partial charge is 0.452 e. The molecular weight excluding hydrogens is 420 g/mol. The summed E-state index contributed by atoms with van der Waals surface area (Å²) >= 11 is 0. The molecule has 2 aromatic carbocycles. The number of esters is 1. The molecule has 8 nitrogen and oxygen atoms in total. The van der Waals surface area contributed by atoms with Crippen LogP contribution in [0.3, 0.4) is 0 Å². The number of ether oxygens (including phenoxy) is 1. The molecule has 0 radical (unpaired) electrons. The Morgan fingerprint density at radius 3 is 2.24 bits per heavy atom. The summed E-state index contributed by atoms with van der Waals surface area (Å²) in [5.74, 6) is -1.22. The van der Waals surface area contributed by atoms with Gasteiger partial charge in [-0.25, -0.2) is 9.48 Å². The first-order valence-electron chi connectivity index (χ1n) is 10.6. The second kappa shape index (κ2) is 10.1. The number of carbonyl (C=O) groups excluding carboxylic acids is 2. The predicted molar refractivity (Wildman–Crippen MR) is 128 cm³/mol. The first-order chi connectivity index (χ1) is 15.7. The lowest BCUT2D eigenvalue weighted by Crippen LogP contribution is -2.40. The minimum atomic E-state index is -0.835. The lowest BCUT2D eigenvalue weighted by atomic mass is 10.1. The molecule has 33 heavy (non-hydrogen) atoms. The highest BCUT2D eigenvalue weighted by Gasteiger charge is 2.24. The zero-order chi connectivity index (χ0) is 24.1. The number of benzene rings is 2. The highest BCUT2D eigenvalue weighted by Crippen LogP contribution is 2.23. The molecule has 0 saturated heterocycles. The molecule has 1 N–H and O–H groups in total. The molecule has 0 aliphatic carbocycles. The van der Waals surface area contributed by atoms with Crippen molar-refractivity contribution in [3.8, 4) is 0 Å². The summed E-state index contributed by atoms with van der Waals surface area (Å²) in [5, 5.41) is 7.35. The monoisotopic (exact) mass is 448 g/mol. The van der Waals surface area contributed by atoms with Crippen molar-refractivity contribution in [2.45, 2.75) is 33.7 Å². The van der Waals surface area contributed by atoms with Gasteiger partial charge in [0.15, 0.2) is 6.61 Å². The fourth-order valence-corrected chi connectivity index (χ4v) is 3.48. The lowest BCUT2D eigenvalue weighted by Gasteiger charge is -2.27. The van der Waals surface area contributed by atoms with Crippen LogP contribution >= 0.6 is 0 Å². The van der Waals surface area contributed by atoms with Crippen molar-refractivity contribution < 1.29 is 14.3 Å². The van der Waals surface area contributed by atoms with E-state index in [0.29, 0.717) is 16.9 Å². The first-order valence-corrected chi connectivity index (χ1v) is 10.6. The second-order valence-electron chi connectivity index (χ2n) is 7.99. The van der Waals surface area contributed by atoms with Gasteiger partial charge in [-0.1, -0.05) is 18.2 Å². The van der Waals surface area contributed by atoms with E-state index in [9.17, 15) is 14.4 Å². The van der Waals surface area contributed by atoms with Crippen LogP contribution in [0.1, 0.15) is 35.5 Å². The van der Waals surface area contributed by atoms with E-state index in [0.717, 1.165) is 16.1 Å². The molecule has 0 aliphatic heterocycles. The number of hydrogen-bond acceptors (Lipinski definition) is 6. The van der Waals surface area contributed by atoms with Gasteiger partial charge in [-0.15, -0.1) is 0 Å². The van der Waals surface area contributed by atoms with Crippen molar-refractivity contribution in [3.05, 3.63) is 81.8 Å². The third-order valence-corrected chi connectivity index (χ3v) is 5.25. The van der Waals surface area contributed by atoms with Crippen molar-refractivity contribution in [2.24, 2.45) is 7.05 Å². The Morgan fingerprint density at radius 1 is 1.03 bits per heavy atom. The Bertz CT molecular complexity index is 1200. The van der Waals surface area contributed by atoms with Crippen molar-refractivity contribution in [3.63, 3.8) is 0 Å². The number of aryl methyl sites for hydroxylation is 2. The van der Waals surface area contributed by atoms with Crippen LogP contribution in [-0.2, 0) is 16.6 Å². The molecular formula is C25H28N4O4. The Balaban J connectivity index is 1.72. The summed E-state index contributed by atoms with van der Waals surface area (Å²) in [6, 6.07) is 17.0. The molecule has 1 heterocycles. The van der Waals surface area contributed by atoms with Crippen LogP contribution in [0.15, 0.2) is 59.4 Å². The Labute approximate surface area is 192 Å². The van der Waals surface area contributed by atoms with Gasteiger partial charge in [0.05, 0.1) is 5.69 Å². The highest BCUT2D eigenvalue weighted by molar-refractivity contribution is 5.98. The molecule has 1 aromatic heterocycles. The highest BCUT2D eigenvalue weighted by atomic mass is 16.5. The van der Waals surface area contributed by atoms with E-state index in [-0.39, 0.29) is 17.5 Å². The van der Waals surface area contributed by atoms with Gasteiger partial charge in [-0.2, -0.15) is 5.10 Å². The van der Waals surface area contributed by atoms with Crippen LogP contribution in [0.25, 0.3) is 0 Å². The van der Waals surface area contributed by atoms with Crippen LogP contribution in [0.4, 0.5) is 17.1 Å². The minimum Gasteiger partial charge on any atom is -0.452 e. The molecule has 8 heteroatoms. The molecule has 3 aromatic rings. The average Bonchev–Trinajstić information content (AvgIpc) is 2.78. The number of amides is 1. The van der Waals surface area contributed by atoms with E-state index in [1.165, 1.54) is 7.05 Å². The Morgan fingerprint density at radius 2 is 1.64 bits per heavy atom. The van der Waals surface area contributed by atoms with E-state index < -0.39 is 18.1 Å². The maximum atomic E-state index is 12.9. The Kier molecular flexibility index (Phi) is 7.27. The van der Waals surface area contributed by atoms with Crippen molar-refractivity contribution >= 4 is 28.9 Å². The smallest absolute Gasteiger partial charge is 0.344 e. The van der Waals surface area contributed by atoms with Crippen LogP contribution < -0.4 is 15.8 Å². The fourth-order valence-electron chi connectivity index (χ4n) is 3.48. The van der Waals surface area contributed by atoms with E-state index in [4.69, 9.17) is 4.74 Å². The van der Waals surface area contributed by atoms with Gasteiger partial charge in [-0.3, -0.25) is 9.59 Å². The van der Waals surface area contributed by atoms with Crippen molar-refractivity contribution in [1.82, 2.24) is 9.78 Å². The molecule has 0 fully saturated rings. The number of nitrogens with zero attached hydrogens (tertiary/aromatic N) is 3. The number of aromatic nitrogens is 2. The van der Waals surface area contributed by atoms with Gasteiger partial charge in [0.1, 0.15) is 5.56 Å². The molecule has 0 atom stereocenters. The van der Waals surface area contributed by atoms with Gasteiger partial charge in [0, 0.05) is 30.2 Å². The van der Waals surface area contributed by atoms with Gasteiger partial charge < -0.3 is 15.0 Å². The molecule has 0 aliphatic rings. The Hall–Kier alpha value is -3.94. The van der Waals surface area contributed by atoms with E-state index in [2.05, 4.69) is 10.4 Å². The molecule has 3 rings (SSSR count). The topological polar surface area (TPSA) is 93.5 Å². The quantitative estimate of drug-likeness (QED) is 0.554. The molecule has 0 unspecified atom stereocenters. The summed E-state index contributed by atoms with van der Waals surface area (Å²) in [6.07, 6.45) is 0. The van der Waals surface area contributed by atoms with Crippen LogP contribution in [0.5, 0.6) is 0 Å². The first kappa shape index (κ1) is 23.7. The van der Waals surface area contributed by atoms with E-state index in [1.807, 2.05) is 68.4 Å². The fraction of sp³-hybridized carbons (Fsp3) is 0.280.